The van der Waals surface area contributed by atoms with Gasteiger partial charge >= 0.3 is 0 Å². The number of ether oxygens (including phenoxy) is 2. The summed E-state index contributed by atoms with van der Waals surface area (Å²) in [6.45, 7) is 14.3. The lowest BCUT2D eigenvalue weighted by atomic mass is 9.73. The van der Waals surface area contributed by atoms with Crippen LogP contribution in [-0.2, 0) is 22.3 Å². The monoisotopic (exact) mass is 690 g/mol. The fraction of sp³-hybridized carbons (Fsp3) is 0.425. The van der Waals surface area contributed by atoms with Gasteiger partial charge in [0.1, 0.15) is 17.0 Å². The SMILES string of the molecule is COc1ccc(Cn2nc(C)c3nc(N4CCC5(CC4)CO[C@@H](C)[C@H]5N)c(CO[Si](c4ccccc4)(c4ccccc4)C(C)(C)C)nc32)cc1. The van der Waals surface area contributed by atoms with Gasteiger partial charge in [-0.05, 0) is 59.8 Å². The first-order valence-corrected chi connectivity index (χ1v) is 19.7. The van der Waals surface area contributed by atoms with Crippen LogP contribution < -0.4 is 25.7 Å². The van der Waals surface area contributed by atoms with E-state index in [-0.39, 0.29) is 22.6 Å². The number of rotatable bonds is 9. The van der Waals surface area contributed by atoms with Crippen LogP contribution in [0.2, 0.25) is 5.04 Å². The molecule has 9 nitrogen and oxygen atoms in total. The number of hydrogen-bond acceptors (Lipinski definition) is 8. The first-order valence-electron chi connectivity index (χ1n) is 17.8. The lowest BCUT2D eigenvalue weighted by Crippen LogP contribution is -2.66. The number of hydrogen-bond donors (Lipinski definition) is 1. The third kappa shape index (κ3) is 6.12. The fourth-order valence-electron chi connectivity index (χ4n) is 8.09. The van der Waals surface area contributed by atoms with E-state index in [1.807, 2.05) is 23.7 Å². The number of piperidine rings is 1. The van der Waals surface area contributed by atoms with Crippen LogP contribution in [0.1, 0.15) is 57.5 Å². The van der Waals surface area contributed by atoms with Gasteiger partial charge in [-0.3, -0.25) is 0 Å². The Hall–Kier alpha value is -4.09. The van der Waals surface area contributed by atoms with Crippen LogP contribution in [0.3, 0.4) is 0 Å². The van der Waals surface area contributed by atoms with Gasteiger partial charge in [-0.25, -0.2) is 14.6 Å². The highest BCUT2D eigenvalue weighted by atomic mass is 28.4. The maximum atomic E-state index is 7.47. The second-order valence-corrected chi connectivity index (χ2v) is 19.4. The molecular weight excluding hydrogens is 641 g/mol. The Kier molecular flexibility index (Phi) is 9.32. The molecule has 2 aromatic heterocycles. The molecule has 2 aliphatic rings. The van der Waals surface area contributed by atoms with E-state index in [1.165, 1.54) is 10.4 Å². The second-order valence-electron chi connectivity index (χ2n) is 15.1. The third-order valence-electron chi connectivity index (χ3n) is 11.0. The molecule has 2 fully saturated rings. The van der Waals surface area contributed by atoms with Crippen LogP contribution in [0.15, 0.2) is 84.9 Å². The minimum absolute atomic E-state index is 0.00179. The van der Waals surface area contributed by atoms with Crippen molar-refractivity contribution < 1.29 is 13.9 Å². The molecule has 5 aromatic rings. The van der Waals surface area contributed by atoms with Gasteiger partial charge in [0.25, 0.3) is 8.32 Å². The summed E-state index contributed by atoms with van der Waals surface area (Å²) in [4.78, 5) is 13.2. The molecule has 262 valence electrons. The van der Waals surface area contributed by atoms with Crippen LogP contribution >= 0.6 is 0 Å². The van der Waals surface area contributed by atoms with Crippen molar-refractivity contribution >= 4 is 35.7 Å². The maximum Gasteiger partial charge on any atom is 0.261 e. The maximum absolute atomic E-state index is 7.47. The minimum atomic E-state index is -2.85. The molecule has 2 N–H and O–H groups in total. The average Bonchev–Trinajstić information content (AvgIpc) is 3.58. The largest absolute Gasteiger partial charge is 0.497 e. The zero-order chi connectivity index (χ0) is 35.1. The van der Waals surface area contributed by atoms with Crippen molar-refractivity contribution in [2.24, 2.45) is 11.1 Å². The molecule has 4 heterocycles. The van der Waals surface area contributed by atoms with E-state index in [1.54, 1.807) is 7.11 Å². The topological polar surface area (TPSA) is 101 Å². The molecule has 0 radical (unpaired) electrons. The Morgan fingerprint density at radius 1 is 0.920 bits per heavy atom. The Bertz CT molecular complexity index is 1880. The number of nitrogens with two attached hydrogens (primary N) is 1. The Morgan fingerprint density at radius 3 is 2.08 bits per heavy atom. The summed E-state index contributed by atoms with van der Waals surface area (Å²) >= 11 is 0. The molecule has 2 saturated heterocycles. The van der Waals surface area contributed by atoms with Crippen molar-refractivity contribution in [2.75, 3.05) is 31.7 Å². The van der Waals surface area contributed by atoms with E-state index >= 15 is 0 Å². The van der Waals surface area contributed by atoms with E-state index in [9.17, 15) is 0 Å². The van der Waals surface area contributed by atoms with Gasteiger partial charge in [-0.2, -0.15) is 5.10 Å². The molecule has 10 heteroatoms. The van der Waals surface area contributed by atoms with Crippen LogP contribution in [-0.4, -0.2) is 67.0 Å². The molecule has 0 aliphatic carbocycles. The molecule has 2 aliphatic heterocycles. The summed E-state index contributed by atoms with van der Waals surface area (Å²) < 4.78 is 20.9. The van der Waals surface area contributed by atoms with Crippen LogP contribution in [0.5, 0.6) is 5.75 Å². The van der Waals surface area contributed by atoms with E-state index in [0.29, 0.717) is 13.2 Å². The first-order chi connectivity index (χ1) is 24.0. The average molecular weight is 691 g/mol. The number of aromatic nitrogens is 4. The number of benzene rings is 3. The predicted molar refractivity (Wildman–Crippen MR) is 202 cm³/mol. The van der Waals surface area contributed by atoms with Crippen molar-refractivity contribution in [3.8, 4) is 5.75 Å². The van der Waals surface area contributed by atoms with Gasteiger partial charge in [0, 0.05) is 24.5 Å². The van der Waals surface area contributed by atoms with Crippen LogP contribution in [0.4, 0.5) is 5.82 Å². The number of fused-ring (bicyclic) bond motifs is 1. The highest BCUT2D eigenvalue weighted by Gasteiger charge is 2.51. The summed E-state index contributed by atoms with van der Waals surface area (Å²) in [5.41, 5.74) is 11.1. The molecule has 0 unspecified atom stereocenters. The minimum Gasteiger partial charge on any atom is -0.497 e. The number of anilines is 1. The van der Waals surface area contributed by atoms with E-state index in [4.69, 9.17) is 34.7 Å². The summed E-state index contributed by atoms with van der Waals surface area (Å²) in [5, 5.41) is 7.25. The molecule has 0 bridgehead atoms. The Labute approximate surface area is 296 Å². The molecule has 3 aromatic carbocycles. The smallest absolute Gasteiger partial charge is 0.261 e. The molecule has 0 saturated carbocycles. The quantitative estimate of drug-likeness (QED) is 0.200. The van der Waals surface area contributed by atoms with E-state index in [2.05, 4.69) is 105 Å². The summed E-state index contributed by atoms with van der Waals surface area (Å²) in [6.07, 6.45) is 1.97. The highest BCUT2D eigenvalue weighted by molar-refractivity contribution is 6.99. The van der Waals surface area contributed by atoms with Gasteiger partial charge in [-0.1, -0.05) is 93.6 Å². The molecule has 1 spiro atoms. The highest BCUT2D eigenvalue weighted by Crippen LogP contribution is 2.43. The van der Waals surface area contributed by atoms with E-state index < -0.39 is 8.32 Å². The standard InChI is InChI=1S/C40H50N6O3Si/c1-28-35-38(46(44-28)25-30-17-19-31(47-6)20-18-30)42-34(37(43-35)45-23-21-40(22-24-45)27-48-29(2)36(40)41)26-49-50(39(3,4)5,32-13-9-7-10-14-32)33-15-11-8-12-16-33/h7-20,29,36H,21-27,41H2,1-6H3/t29-,36+/m0/s1. The number of nitrogens with zero attached hydrogens (tertiary/aromatic N) is 5. The van der Waals surface area contributed by atoms with Gasteiger partial charge in [0.05, 0.1) is 38.7 Å². The molecule has 2 atom stereocenters. The Balaban J connectivity index is 1.31. The lowest BCUT2D eigenvalue weighted by molar-refractivity contribution is 0.0973. The summed E-state index contributed by atoms with van der Waals surface area (Å²) in [6, 6.07) is 29.7. The van der Waals surface area contributed by atoms with Crippen molar-refractivity contribution in [1.29, 1.82) is 0 Å². The van der Waals surface area contributed by atoms with Gasteiger partial charge in [0.2, 0.25) is 0 Å². The predicted octanol–water partition coefficient (Wildman–Crippen LogP) is 5.60. The van der Waals surface area contributed by atoms with Crippen molar-refractivity contribution in [1.82, 2.24) is 19.7 Å². The third-order valence-corrected chi connectivity index (χ3v) is 16.0. The van der Waals surface area contributed by atoms with Crippen molar-refractivity contribution in [3.05, 3.63) is 102 Å². The second kappa shape index (κ2) is 13.6. The van der Waals surface area contributed by atoms with Crippen LogP contribution in [0, 0.1) is 12.3 Å². The van der Waals surface area contributed by atoms with Gasteiger partial charge in [-0.15, -0.1) is 0 Å². The molecule has 0 amide bonds. The van der Waals surface area contributed by atoms with Crippen molar-refractivity contribution in [3.63, 3.8) is 0 Å². The summed E-state index contributed by atoms with van der Waals surface area (Å²) in [7, 11) is -1.17. The Morgan fingerprint density at radius 2 is 1.54 bits per heavy atom. The van der Waals surface area contributed by atoms with Crippen molar-refractivity contribution in [2.45, 2.75) is 77.8 Å². The zero-order valence-electron chi connectivity index (χ0n) is 30.2. The van der Waals surface area contributed by atoms with Gasteiger partial charge < -0.3 is 24.5 Å². The normalized spacial score (nSPS) is 19.4. The number of methoxy groups -OCH3 is 1. The molecular formula is C40H50N6O3Si. The lowest BCUT2D eigenvalue weighted by Gasteiger charge is -2.43. The fourth-order valence-corrected chi connectivity index (χ4v) is 12.6. The molecule has 50 heavy (non-hydrogen) atoms. The van der Waals surface area contributed by atoms with Crippen LogP contribution in [0.25, 0.3) is 11.2 Å². The number of aryl methyl sites for hydroxylation is 1. The zero-order valence-corrected chi connectivity index (χ0v) is 31.2. The summed E-state index contributed by atoms with van der Waals surface area (Å²) in [5.74, 6) is 1.70. The van der Waals surface area contributed by atoms with E-state index in [0.717, 1.165) is 72.2 Å². The molecule has 7 rings (SSSR count). The van der Waals surface area contributed by atoms with Gasteiger partial charge in [0.15, 0.2) is 11.5 Å². The first kappa shape index (κ1) is 34.4.